The Morgan fingerprint density at radius 1 is 1.54 bits per heavy atom. The van der Waals surface area contributed by atoms with Gasteiger partial charge in [0, 0.05) is 6.08 Å². The molecule has 3 nitrogen and oxygen atoms in total. The molecule has 0 N–H and O–H groups in total. The largest absolute Gasteiger partial charge is 0.335 e. The standard InChI is InChI=1S/C10H14N2O/c1-4-9(5-2)6-7-10-11-8(3)12-13-10/h4,6-7H,5H2,1-3H3/b7-6+,9-4-. The molecule has 3 heteroatoms. The summed E-state index contributed by atoms with van der Waals surface area (Å²) in [6, 6.07) is 0. The van der Waals surface area contributed by atoms with Crippen LogP contribution in [0.2, 0.25) is 0 Å². The average molecular weight is 178 g/mol. The molecule has 0 aliphatic rings. The van der Waals surface area contributed by atoms with Crippen molar-refractivity contribution in [1.29, 1.82) is 0 Å². The van der Waals surface area contributed by atoms with E-state index in [1.54, 1.807) is 6.92 Å². The molecule has 0 aromatic carbocycles. The maximum atomic E-state index is 4.93. The fourth-order valence-electron chi connectivity index (χ4n) is 0.977. The second kappa shape index (κ2) is 4.60. The van der Waals surface area contributed by atoms with E-state index in [0.717, 1.165) is 6.42 Å². The van der Waals surface area contributed by atoms with Crippen LogP contribution >= 0.6 is 0 Å². The Hall–Kier alpha value is -1.38. The summed E-state index contributed by atoms with van der Waals surface area (Å²) >= 11 is 0. The maximum Gasteiger partial charge on any atom is 0.250 e. The van der Waals surface area contributed by atoms with Crippen LogP contribution in [0.3, 0.4) is 0 Å². The van der Waals surface area contributed by atoms with E-state index >= 15 is 0 Å². The van der Waals surface area contributed by atoms with E-state index in [4.69, 9.17) is 4.52 Å². The molecule has 0 saturated heterocycles. The van der Waals surface area contributed by atoms with E-state index in [2.05, 4.69) is 23.1 Å². The van der Waals surface area contributed by atoms with Crippen molar-refractivity contribution in [3.63, 3.8) is 0 Å². The normalized spacial score (nSPS) is 12.7. The van der Waals surface area contributed by atoms with Crippen molar-refractivity contribution < 1.29 is 4.52 Å². The van der Waals surface area contributed by atoms with Crippen molar-refractivity contribution in [3.05, 3.63) is 29.4 Å². The summed E-state index contributed by atoms with van der Waals surface area (Å²) in [4.78, 5) is 4.06. The maximum absolute atomic E-state index is 4.93. The summed E-state index contributed by atoms with van der Waals surface area (Å²) in [6.45, 7) is 5.93. The van der Waals surface area contributed by atoms with Gasteiger partial charge in [0.2, 0.25) is 0 Å². The first-order valence-electron chi connectivity index (χ1n) is 4.39. The third-order valence-electron chi connectivity index (χ3n) is 1.76. The number of hydrogen-bond acceptors (Lipinski definition) is 3. The predicted molar refractivity (Wildman–Crippen MR) is 52.1 cm³/mol. The van der Waals surface area contributed by atoms with Gasteiger partial charge in [0.05, 0.1) is 0 Å². The van der Waals surface area contributed by atoms with Crippen LogP contribution in [0.1, 0.15) is 32.0 Å². The van der Waals surface area contributed by atoms with Gasteiger partial charge < -0.3 is 4.52 Å². The number of aryl methyl sites for hydroxylation is 1. The first-order valence-corrected chi connectivity index (χ1v) is 4.39. The lowest BCUT2D eigenvalue weighted by molar-refractivity contribution is 0.405. The lowest BCUT2D eigenvalue weighted by atomic mass is 10.2. The first-order chi connectivity index (χ1) is 6.26. The van der Waals surface area contributed by atoms with E-state index in [9.17, 15) is 0 Å². The van der Waals surface area contributed by atoms with Gasteiger partial charge in [-0.25, -0.2) is 0 Å². The van der Waals surface area contributed by atoms with Crippen molar-refractivity contribution in [2.24, 2.45) is 0 Å². The highest BCUT2D eigenvalue weighted by atomic mass is 16.5. The minimum atomic E-state index is 0.560. The minimum Gasteiger partial charge on any atom is -0.335 e. The van der Waals surface area contributed by atoms with Crippen LogP contribution in [0.25, 0.3) is 6.08 Å². The molecule has 0 radical (unpaired) electrons. The molecule has 1 heterocycles. The quantitative estimate of drug-likeness (QED) is 0.668. The smallest absolute Gasteiger partial charge is 0.250 e. The number of rotatable bonds is 3. The van der Waals surface area contributed by atoms with Crippen molar-refractivity contribution >= 4 is 6.08 Å². The highest BCUT2D eigenvalue weighted by molar-refractivity contribution is 5.43. The van der Waals surface area contributed by atoms with Gasteiger partial charge in [-0.05, 0) is 20.3 Å². The van der Waals surface area contributed by atoms with Crippen molar-refractivity contribution in [2.45, 2.75) is 27.2 Å². The number of aromatic nitrogens is 2. The fraction of sp³-hybridized carbons (Fsp3) is 0.400. The van der Waals surface area contributed by atoms with Crippen LogP contribution in [0.5, 0.6) is 0 Å². The van der Waals surface area contributed by atoms with Gasteiger partial charge >= 0.3 is 0 Å². The van der Waals surface area contributed by atoms with E-state index in [-0.39, 0.29) is 0 Å². The Kier molecular flexibility index (Phi) is 3.43. The zero-order valence-corrected chi connectivity index (χ0v) is 8.24. The Morgan fingerprint density at radius 2 is 2.31 bits per heavy atom. The number of allylic oxidation sites excluding steroid dienone is 3. The zero-order valence-electron chi connectivity index (χ0n) is 8.24. The monoisotopic (exact) mass is 178 g/mol. The minimum absolute atomic E-state index is 0.560. The first kappa shape index (κ1) is 9.71. The SMILES string of the molecule is C/C=C(\C=C\c1nc(C)no1)CC. The fourth-order valence-corrected chi connectivity index (χ4v) is 0.977. The highest BCUT2D eigenvalue weighted by Crippen LogP contribution is 2.06. The molecule has 0 amide bonds. The highest BCUT2D eigenvalue weighted by Gasteiger charge is 1.96. The van der Waals surface area contributed by atoms with Gasteiger partial charge in [0.1, 0.15) is 0 Å². The van der Waals surface area contributed by atoms with Gasteiger partial charge in [-0.3, -0.25) is 0 Å². The Morgan fingerprint density at radius 3 is 2.77 bits per heavy atom. The van der Waals surface area contributed by atoms with Crippen molar-refractivity contribution in [2.75, 3.05) is 0 Å². The summed E-state index contributed by atoms with van der Waals surface area (Å²) in [5, 5.41) is 3.69. The lowest BCUT2D eigenvalue weighted by Gasteiger charge is -1.91. The van der Waals surface area contributed by atoms with Crippen LogP contribution in [0.4, 0.5) is 0 Å². The summed E-state index contributed by atoms with van der Waals surface area (Å²) in [5.74, 6) is 1.23. The molecule has 0 fully saturated rings. The summed E-state index contributed by atoms with van der Waals surface area (Å²) in [6.07, 6.45) is 6.91. The third-order valence-corrected chi connectivity index (χ3v) is 1.76. The van der Waals surface area contributed by atoms with E-state index in [0.29, 0.717) is 11.7 Å². The second-order valence-electron chi connectivity index (χ2n) is 2.73. The molecule has 0 aliphatic carbocycles. The molecule has 70 valence electrons. The van der Waals surface area contributed by atoms with E-state index in [1.165, 1.54) is 5.57 Å². The number of nitrogens with zero attached hydrogens (tertiary/aromatic N) is 2. The molecule has 0 spiro atoms. The zero-order chi connectivity index (χ0) is 9.68. The molecule has 0 bridgehead atoms. The van der Waals surface area contributed by atoms with Crippen LogP contribution in [0.15, 0.2) is 22.2 Å². The lowest BCUT2D eigenvalue weighted by Crippen LogP contribution is -1.75. The topological polar surface area (TPSA) is 38.9 Å². The van der Waals surface area contributed by atoms with Crippen LogP contribution in [0, 0.1) is 6.92 Å². The molecule has 13 heavy (non-hydrogen) atoms. The molecule has 0 aliphatic heterocycles. The van der Waals surface area contributed by atoms with E-state index < -0.39 is 0 Å². The van der Waals surface area contributed by atoms with Gasteiger partial charge in [0.25, 0.3) is 5.89 Å². The summed E-state index contributed by atoms with van der Waals surface area (Å²) < 4.78 is 4.93. The van der Waals surface area contributed by atoms with Gasteiger partial charge in [-0.2, -0.15) is 4.98 Å². The summed E-state index contributed by atoms with van der Waals surface area (Å²) in [5.41, 5.74) is 1.26. The van der Waals surface area contributed by atoms with Crippen LogP contribution in [-0.4, -0.2) is 10.1 Å². The Labute approximate surface area is 78.2 Å². The van der Waals surface area contributed by atoms with Crippen LogP contribution < -0.4 is 0 Å². The van der Waals surface area contributed by atoms with Crippen LogP contribution in [-0.2, 0) is 0 Å². The Balaban J connectivity index is 2.68. The molecule has 0 atom stereocenters. The molecular weight excluding hydrogens is 164 g/mol. The van der Waals surface area contributed by atoms with Gasteiger partial charge in [-0.1, -0.05) is 29.8 Å². The molecule has 1 aromatic rings. The molecule has 0 saturated carbocycles. The second-order valence-corrected chi connectivity index (χ2v) is 2.73. The van der Waals surface area contributed by atoms with E-state index in [1.807, 2.05) is 19.1 Å². The van der Waals surface area contributed by atoms with Crippen molar-refractivity contribution in [3.8, 4) is 0 Å². The molecule has 0 unspecified atom stereocenters. The summed E-state index contributed by atoms with van der Waals surface area (Å²) in [7, 11) is 0. The van der Waals surface area contributed by atoms with Gasteiger partial charge in [0.15, 0.2) is 5.82 Å². The average Bonchev–Trinajstić information content (AvgIpc) is 2.53. The third kappa shape index (κ3) is 2.86. The predicted octanol–water partition coefficient (Wildman–Crippen LogP) is 2.75. The van der Waals surface area contributed by atoms with Gasteiger partial charge in [-0.15, -0.1) is 0 Å². The number of hydrogen-bond donors (Lipinski definition) is 0. The van der Waals surface area contributed by atoms with Crippen molar-refractivity contribution in [1.82, 2.24) is 10.1 Å². The Bertz CT molecular complexity index is 323. The molecule has 1 aromatic heterocycles. The molecule has 1 rings (SSSR count). The molecular formula is C10H14N2O.